The van der Waals surface area contributed by atoms with Crippen molar-refractivity contribution in [3.63, 3.8) is 0 Å². The van der Waals surface area contributed by atoms with Crippen LogP contribution in [0.4, 0.5) is 31.9 Å². The number of aromatic nitrogens is 3. The molecule has 9 heteroatoms. The summed E-state index contributed by atoms with van der Waals surface area (Å²) in [6, 6.07) is 3.88. The van der Waals surface area contributed by atoms with E-state index in [4.69, 9.17) is 4.74 Å². The largest absolute Gasteiger partial charge is 0.380 e. The maximum Gasteiger partial charge on any atom is 0.266 e. The molecule has 158 valence electrons. The predicted octanol–water partition coefficient (Wildman–Crippen LogP) is 3.17. The summed E-state index contributed by atoms with van der Waals surface area (Å²) >= 11 is 0. The molecule has 0 bridgehead atoms. The highest BCUT2D eigenvalue weighted by atomic mass is 19.3. The van der Waals surface area contributed by atoms with Gasteiger partial charge in [0.1, 0.15) is 17.5 Å². The van der Waals surface area contributed by atoms with E-state index in [0.717, 1.165) is 37.7 Å². The Labute approximate surface area is 173 Å². The lowest BCUT2D eigenvalue weighted by Gasteiger charge is -2.56. The van der Waals surface area contributed by atoms with Gasteiger partial charge in [-0.2, -0.15) is 0 Å². The van der Waals surface area contributed by atoms with Gasteiger partial charge in [0, 0.05) is 49.8 Å². The number of rotatable bonds is 5. The molecule has 1 saturated carbocycles. The van der Waals surface area contributed by atoms with Gasteiger partial charge in [-0.1, -0.05) is 0 Å². The Morgan fingerprint density at radius 2 is 1.83 bits per heavy atom. The molecule has 3 saturated heterocycles. The second-order valence-electron chi connectivity index (χ2n) is 9.17. The number of nitrogens with zero attached hydrogens (tertiary/aromatic N) is 5. The van der Waals surface area contributed by atoms with Crippen molar-refractivity contribution in [2.45, 2.75) is 31.1 Å². The van der Waals surface area contributed by atoms with Crippen molar-refractivity contribution in [3.8, 4) is 0 Å². The number of alkyl halides is 2. The second kappa shape index (κ2) is 6.47. The Bertz CT molecular complexity index is 952. The Balaban J connectivity index is 1.26. The number of anilines is 4. The highest BCUT2D eigenvalue weighted by Gasteiger charge is 2.49. The monoisotopic (exact) mass is 414 g/mol. The van der Waals surface area contributed by atoms with Crippen LogP contribution in [-0.2, 0) is 4.74 Å². The van der Waals surface area contributed by atoms with Gasteiger partial charge in [0.25, 0.3) is 5.92 Å². The van der Waals surface area contributed by atoms with E-state index in [2.05, 4.69) is 25.2 Å². The summed E-state index contributed by atoms with van der Waals surface area (Å²) in [6.07, 6.45) is 5.74. The summed E-state index contributed by atoms with van der Waals surface area (Å²) in [5, 5.41) is 3.22. The molecule has 4 aliphatic rings. The Morgan fingerprint density at radius 3 is 2.43 bits per heavy atom. The van der Waals surface area contributed by atoms with Gasteiger partial charge in [-0.25, -0.2) is 18.7 Å². The van der Waals surface area contributed by atoms with E-state index in [1.165, 1.54) is 12.8 Å². The standard InChI is InChI=1S/C21H24F2N6O/c22-21(23)3-4-28(11-21)19-6-15(29-9-20(10-29)12-30-13-20)5-17(27-19)26-18-8-24-16(7-25-18)14-1-2-14/h5-8,14H,1-4,9-13H2,(H,25,26,27). The molecule has 0 radical (unpaired) electrons. The second-order valence-corrected chi connectivity index (χ2v) is 9.17. The molecule has 7 nitrogen and oxygen atoms in total. The van der Waals surface area contributed by atoms with Crippen molar-refractivity contribution in [1.29, 1.82) is 0 Å². The van der Waals surface area contributed by atoms with Crippen molar-refractivity contribution in [3.05, 3.63) is 30.2 Å². The SMILES string of the molecule is FC1(F)CCN(c2cc(N3CC4(COC4)C3)cc(Nc3cnc(C4CC4)cn3)n2)C1. The summed E-state index contributed by atoms with van der Waals surface area (Å²) in [4.78, 5) is 17.5. The van der Waals surface area contributed by atoms with Crippen LogP contribution in [-0.4, -0.2) is 60.3 Å². The normalized spacial score (nSPS) is 23.9. The summed E-state index contributed by atoms with van der Waals surface area (Å²) in [7, 11) is 0. The van der Waals surface area contributed by atoms with E-state index in [0.29, 0.717) is 29.9 Å². The van der Waals surface area contributed by atoms with Gasteiger partial charge in [0.2, 0.25) is 0 Å². The first kappa shape index (κ1) is 18.2. The smallest absolute Gasteiger partial charge is 0.266 e. The molecular weight excluding hydrogens is 390 g/mol. The van der Waals surface area contributed by atoms with Crippen LogP contribution >= 0.6 is 0 Å². The number of ether oxygens (including phenoxy) is 1. The van der Waals surface area contributed by atoms with Crippen LogP contribution in [0.1, 0.15) is 30.9 Å². The average molecular weight is 414 g/mol. The van der Waals surface area contributed by atoms with Crippen LogP contribution in [0.5, 0.6) is 0 Å². The molecular formula is C21H24F2N6O. The number of hydrogen-bond donors (Lipinski definition) is 1. The maximum absolute atomic E-state index is 13.8. The Hall–Kier alpha value is -2.55. The number of hydrogen-bond acceptors (Lipinski definition) is 7. The van der Waals surface area contributed by atoms with Crippen LogP contribution in [0.25, 0.3) is 0 Å². The molecule has 2 aromatic rings. The zero-order valence-corrected chi connectivity index (χ0v) is 16.7. The van der Waals surface area contributed by atoms with Crippen LogP contribution in [0.15, 0.2) is 24.5 Å². The first-order chi connectivity index (χ1) is 14.5. The van der Waals surface area contributed by atoms with Crippen LogP contribution in [0, 0.1) is 5.41 Å². The molecule has 4 fully saturated rings. The molecule has 0 aromatic carbocycles. The van der Waals surface area contributed by atoms with Crippen molar-refractivity contribution >= 4 is 23.1 Å². The molecule has 2 aromatic heterocycles. The summed E-state index contributed by atoms with van der Waals surface area (Å²) in [5.41, 5.74) is 2.27. The Kier molecular flexibility index (Phi) is 3.93. The molecule has 6 rings (SSSR count). The lowest BCUT2D eigenvalue weighted by atomic mass is 9.78. The van der Waals surface area contributed by atoms with Gasteiger partial charge < -0.3 is 19.9 Å². The van der Waals surface area contributed by atoms with E-state index in [1.807, 2.05) is 18.3 Å². The van der Waals surface area contributed by atoms with Crippen molar-refractivity contribution < 1.29 is 13.5 Å². The molecule has 1 spiro atoms. The highest BCUT2D eigenvalue weighted by Crippen LogP contribution is 2.42. The van der Waals surface area contributed by atoms with Crippen molar-refractivity contribution in [1.82, 2.24) is 15.0 Å². The van der Waals surface area contributed by atoms with E-state index >= 15 is 0 Å². The quantitative estimate of drug-likeness (QED) is 0.806. The number of halogens is 2. The third-order valence-electron chi connectivity index (χ3n) is 6.45. The minimum atomic E-state index is -2.67. The van der Waals surface area contributed by atoms with Gasteiger partial charge in [-0.05, 0) is 12.8 Å². The summed E-state index contributed by atoms with van der Waals surface area (Å²) < 4.78 is 33.0. The lowest BCUT2D eigenvalue weighted by Crippen LogP contribution is -2.66. The summed E-state index contributed by atoms with van der Waals surface area (Å²) in [6.45, 7) is 3.44. The third kappa shape index (κ3) is 3.34. The predicted molar refractivity (Wildman–Crippen MR) is 109 cm³/mol. The van der Waals surface area contributed by atoms with Crippen LogP contribution in [0.3, 0.4) is 0 Å². The summed E-state index contributed by atoms with van der Waals surface area (Å²) in [5.74, 6) is -0.350. The van der Waals surface area contributed by atoms with Crippen molar-refractivity contribution in [2.24, 2.45) is 5.41 Å². The van der Waals surface area contributed by atoms with Crippen molar-refractivity contribution in [2.75, 3.05) is 54.5 Å². The molecule has 0 amide bonds. The number of pyridine rings is 1. The molecule has 0 unspecified atom stereocenters. The van der Waals surface area contributed by atoms with Crippen LogP contribution in [0.2, 0.25) is 0 Å². The molecule has 0 atom stereocenters. The molecule has 1 N–H and O–H groups in total. The van der Waals surface area contributed by atoms with Gasteiger partial charge in [0.15, 0.2) is 0 Å². The topological polar surface area (TPSA) is 66.4 Å². The van der Waals surface area contributed by atoms with E-state index < -0.39 is 5.92 Å². The zero-order chi connectivity index (χ0) is 20.3. The van der Waals surface area contributed by atoms with E-state index in [1.54, 1.807) is 11.1 Å². The lowest BCUT2D eigenvalue weighted by molar-refractivity contribution is -0.127. The average Bonchev–Trinajstić information content (AvgIpc) is 3.43. The molecule has 30 heavy (non-hydrogen) atoms. The first-order valence-corrected chi connectivity index (χ1v) is 10.5. The molecule has 3 aliphatic heterocycles. The first-order valence-electron chi connectivity index (χ1n) is 10.5. The fraction of sp³-hybridized carbons (Fsp3) is 0.571. The third-order valence-corrected chi connectivity index (χ3v) is 6.45. The number of nitrogens with one attached hydrogen (secondary N) is 1. The van der Waals surface area contributed by atoms with Crippen LogP contribution < -0.4 is 15.1 Å². The minimum Gasteiger partial charge on any atom is -0.380 e. The van der Waals surface area contributed by atoms with E-state index in [9.17, 15) is 8.78 Å². The Morgan fingerprint density at radius 1 is 1.00 bits per heavy atom. The van der Waals surface area contributed by atoms with Gasteiger partial charge in [-0.15, -0.1) is 0 Å². The van der Waals surface area contributed by atoms with E-state index in [-0.39, 0.29) is 18.4 Å². The fourth-order valence-electron chi connectivity index (χ4n) is 4.49. The van der Waals surface area contributed by atoms with Gasteiger partial charge in [-0.3, -0.25) is 4.98 Å². The molecule has 1 aliphatic carbocycles. The fourth-order valence-corrected chi connectivity index (χ4v) is 4.49. The maximum atomic E-state index is 13.8. The van der Waals surface area contributed by atoms with Gasteiger partial charge >= 0.3 is 0 Å². The minimum absolute atomic E-state index is 0.139. The molecule has 5 heterocycles. The van der Waals surface area contributed by atoms with Gasteiger partial charge in [0.05, 0.1) is 43.3 Å². The zero-order valence-electron chi connectivity index (χ0n) is 16.7. The highest BCUT2D eigenvalue weighted by molar-refractivity contribution is 5.66.